The van der Waals surface area contributed by atoms with Gasteiger partial charge in [-0.3, -0.25) is 14.4 Å². The van der Waals surface area contributed by atoms with Crippen molar-refractivity contribution >= 4 is 22.7 Å². The van der Waals surface area contributed by atoms with Crippen LogP contribution in [0.4, 0.5) is 0 Å². The van der Waals surface area contributed by atoms with Crippen molar-refractivity contribution in [2.75, 3.05) is 32.7 Å². The van der Waals surface area contributed by atoms with Crippen LogP contribution in [0.15, 0.2) is 35.1 Å². The molecule has 2 fully saturated rings. The Morgan fingerprint density at radius 3 is 2.70 bits per heavy atom. The first kappa shape index (κ1) is 17.7. The molecule has 2 amide bonds. The lowest BCUT2D eigenvalue weighted by atomic mass is 10.1. The molecule has 2 N–H and O–H groups in total. The average molecular weight is 368 g/mol. The number of carbonyl (C=O) groups is 2. The fourth-order valence-electron chi connectivity index (χ4n) is 4.01. The number of hydrogen-bond acceptors (Lipinski definition) is 4. The fraction of sp³-hybridized carbons (Fsp3) is 0.450. The van der Waals surface area contributed by atoms with Crippen LogP contribution in [0.3, 0.4) is 0 Å². The third-order valence-electron chi connectivity index (χ3n) is 5.46. The summed E-state index contributed by atoms with van der Waals surface area (Å²) >= 11 is 0. The number of para-hydroxylation sites is 1. The first-order valence-corrected chi connectivity index (χ1v) is 9.53. The predicted octanol–water partition coefficient (Wildman–Crippen LogP) is 0.493. The number of amides is 2. The minimum atomic E-state index is -0.393. The Hall–Kier alpha value is -2.67. The van der Waals surface area contributed by atoms with Crippen LogP contribution in [0.1, 0.15) is 18.4 Å². The predicted molar refractivity (Wildman–Crippen MR) is 102 cm³/mol. The summed E-state index contributed by atoms with van der Waals surface area (Å²) in [5.41, 5.74) is 0.955. The van der Waals surface area contributed by atoms with E-state index < -0.39 is 6.04 Å². The molecule has 1 atom stereocenters. The van der Waals surface area contributed by atoms with Crippen molar-refractivity contribution in [2.24, 2.45) is 0 Å². The standard InChI is InChI=1S/C20H24N4O3/c25-18(13-15-12-14-4-1-2-5-16(14)22-19(15)26)24-9-3-6-17(24)20(27)23-10-7-21-8-11-23/h1-2,4-5,12,17,21H,3,6-11,13H2,(H,22,26)/t17-/m0/s1. The van der Waals surface area contributed by atoms with Crippen molar-refractivity contribution in [1.29, 1.82) is 0 Å². The summed E-state index contributed by atoms with van der Waals surface area (Å²) in [6.07, 6.45) is 1.54. The second-order valence-electron chi connectivity index (χ2n) is 7.21. The molecule has 4 rings (SSSR count). The van der Waals surface area contributed by atoms with Crippen molar-refractivity contribution in [3.05, 3.63) is 46.2 Å². The van der Waals surface area contributed by atoms with Crippen LogP contribution in [0.25, 0.3) is 10.9 Å². The number of pyridine rings is 1. The van der Waals surface area contributed by atoms with E-state index in [1.165, 1.54) is 0 Å². The molecular weight excluding hydrogens is 344 g/mol. The van der Waals surface area contributed by atoms with E-state index in [-0.39, 0.29) is 23.8 Å². The molecule has 27 heavy (non-hydrogen) atoms. The normalized spacial score (nSPS) is 20.2. The number of piperazine rings is 1. The second-order valence-corrected chi connectivity index (χ2v) is 7.21. The van der Waals surface area contributed by atoms with Gasteiger partial charge in [-0.25, -0.2) is 0 Å². The summed E-state index contributed by atoms with van der Waals surface area (Å²) in [7, 11) is 0. The van der Waals surface area contributed by atoms with Crippen LogP contribution < -0.4 is 10.9 Å². The zero-order valence-corrected chi connectivity index (χ0v) is 15.2. The third kappa shape index (κ3) is 3.60. The van der Waals surface area contributed by atoms with Crippen molar-refractivity contribution in [3.8, 4) is 0 Å². The van der Waals surface area contributed by atoms with Crippen LogP contribution in [0.2, 0.25) is 0 Å². The SMILES string of the molecule is O=C([C@@H]1CCCN1C(=O)Cc1cc2ccccc2[nH]c1=O)N1CCNCC1. The molecule has 0 aliphatic carbocycles. The highest BCUT2D eigenvalue weighted by molar-refractivity contribution is 5.89. The molecule has 2 aliphatic heterocycles. The molecule has 142 valence electrons. The second kappa shape index (κ2) is 7.52. The molecule has 3 heterocycles. The Kier molecular flexibility index (Phi) is 4.94. The van der Waals surface area contributed by atoms with E-state index in [0.29, 0.717) is 31.6 Å². The van der Waals surface area contributed by atoms with E-state index in [1.807, 2.05) is 29.2 Å². The van der Waals surface area contributed by atoms with E-state index in [9.17, 15) is 14.4 Å². The van der Waals surface area contributed by atoms with E-state index in [1.54, 1.807) is 11.0 Å². The highest BCUT2D eigenvalue weighted by atomic mass is 16.2. The van der Waals surface area contributed by atoms with Gasteiger partial charge in [-0.2, -0.15) is 0 Å². The number of rotatable bonds is 3. The van der Waals surface area contributed by atoms with Crippen LogP contribution in [-0.2, 0) is 16.0 Å². The summed E-state index contributed by atoms with van der Waals surface area (Å²) in [5.74, 6) is -0.114. The molecule has 0 bridgehead atoms. The molecule has 1 aromatic heterocycles. The molecule has 2 aliphatic rings. The number of aromatic amines is 1. The number of hydrogen-bond donors (Lipinski definition) is 2. The number of carbonyl (C=O) groups excluding carboxylic acids is 2. The maximum Gasteiger partial charge on any atom is 0.252 e. The Labute approximate surface area is 157 Å². The van der Waals surface area contributed by atoms with E-state index in [0.717, 1.165) is 30.4 Å². The van der Waals surface area contributed by atoms with Crippen LogP contribution in [0, 0.1) is 0 Å². The molecule has 2 saturated heterocycles. The van der Waals surface area contributed by atoms with Gasteiger partial charge in [-0.05, 0) is 30.4 Å². The number of aromatic nitrogens is 1. The van der Waals surface area contributed by atoms with Crippen molar-refractivity contribution in [1.82, 2.24) is 20.1 Å². The van der Waals surface area contributed by atoms with Gasteiger partial charge in [0.05, 0.1) is 6.42 Å². The van der Waals surface area contributed by atoms with Gasteiger partial charge in [0.25, 0.3) is 5.56 Å². The van der Waals surface area contributed by atoms with Crippen molar-refractivity contribution in [3.63, 3.8) is 0 Å². The Bertz CT molecular complexity index is 917. The minimum Gasteiger partial charge on any atom is -0.338 e. The zero-order chi connectivity index (χ0) is 18.8. The van der Waals surface area contributed by atoms with Crippen molar-refractivity contribution < 1.29 is 9.59 Å². The number of fused-ring (bicyclic) bond motifs is 1. The lowest BCUT2D eigenvalue weighted by molar-refractivity contribution is -0.143. The van der Waals surface area contributed by atoms with Gasteiger partial charge in [0.15, 0.2) is 0 Å². The van der Waals surface area contributed by atoms with E-state index >= 15 is 0 Å². The molecular formula is C20H24N4O3. The summed E-state index contributed by atoms with van der Waals surface area (Å²) in [6.45, 7) is 3.52. The smallest absolute Gasteiger partial charge is 0.252 e. The first-order valence-electron chi connectivity index (χ1n) is 9.53. The summed E-state index contributed by atoms with van der Waals surface area (Å²) < 4.78 is 0. The zero-order valence-electron chi connectivity index (χ0n) is 15.2. The van der Waals surface area contributed by atoms with Gasteiger partial charge in [0.2, 0.25) is 11.8 Å². The number of H-pyrrole nitrogens is 1. The van der Waals surface area contributed by atoms with E-state index in [2.05, 4.69) is 10.3 Å². The van der Waals surface area contributed by atoms with Crippen molar-refractivity contribution in [2.45, 2.75) is 25.3 Å². The summed E-state index contributed by atoms with van der Waals surface area (Å²) in [4.78, 5) is 44.4. The molecule has 7 nitrogen and oxygen atoms in total. The van der Waals surface area contributed by atoms with Crippen LogP contribution in [0.5, 0.6) is 0 Å². The summed E-state index contributed by atoms with van der Waals surface area (Å²) in [6, 6.07) is 8.89. The molecule has 0 radical (unpaired) electrons. The lowest BCUT2D eigenvalue weighted by Gasteiger charge is -2.33. The highest BCUT2D eigenvalue weighted by Crippen LogP contribution is 2.21. The molecule has 2 aromatic rings. The highest BCUT2D eigenvalue weighted by Gasteiger charge is 2.36. The Morgan fingerprint density at radius 1 is 1.11 bits per heavy atom. The summed E-state index contributed by atoms with van der Waals surface area (Å²) in [5, 5.41) is 4.13. The molecule has 0 unspecified atom stereocenters. The van der Waals surface area contributed by atoms with Gasteiger partial charge in [-0.15, -0.1) is 0 Å². The average Bonchev–Trinajstić information content (AvgIpc) is 3.18. The van der Waals surface area contributed by atoms with Gasteiger partial charge in [0.1, 0.15) is 6.04 Å². The number of nitrogens with one attached hydrogen (secondary N) is 2. The molecule has 1 aromatic carbocycles. The van der Waals surface area contributed by atoms with Gasteiger partial charge < -0.3 is 20.1 Å². The number of benzene rings is 1. The van der Waals surface area contributed by atoms with Gasteiger partial charge in [0, 0.05) is 43.8 Å². The van der Waals surface area contributed by atoms with Gasteiger partial charge in [-0.1, -0.05) is 18.2 Å². The monoisotopic (exact) mass is 368 g/mol. The third-order valence-corrected chi connectivity index (χ3v) is 5.46. The largest absolute Gasteiger partial charge is 0.338 e. The number of likely N-dealkylation sites (tertiary alicyclic amines) is 1. The maximum atomic E-state index is 12.9. The lowest BCUT2D eigenvalue weighted by Crippen LogP contribution is -2.53. The molecule has 0 saturated carbocycles. The minimum absolute atomic E-state index is 0.0193. The number of nitrogens with zero attached hydrogens (tertiary/aromatic N) is 2. The van der Waals surface area contributed by atoms with E-state index in [4.69, 9.17) is 0 Å². The molecule has 7 heteroatoms. The maximum absolute atomic E-state index is 12.9. The Balaban J connectivity index is 1.51. The van der Waals surface area contributed by atoms with Crippen LogP contribution in [-0.4, -0.2) is 65.4 Å². The topological polar surface area (TPSA) is 85.5 Å². The quantitative estimate of drug-likeness (QED) is 0.826. The first-order chi connectivity index (χ1) is 13.1. The molecule has 0 spiro atoms. The Morgan fingerprint density at radius 2 is 1.89 bits per heavy atom. The van der Waals surface area contributed by atoms with Gasteiger partial charge >= 0.3 is 0 Å². The van der Waals surface area contributed by atoms with Crippen LogP contribution >= 0.6 is 0 Å². The fourth-order valence-corrected chi connectivity index (χ4v) is 4.01.